The van der Waals surface area contributed by atoms with Gasteiger partial charge in [-0.2, -0.15) is 0 Å². The molecule has 4 atom stereocenters. The van der Waals surface area contributed by atoms with Crippen molar-refractivity contribution < 1.29 is 69.6 Å². The first-order chi connectivity index (χ1) is 49.0. The Hall–Kier alpha value is -9.89. The Bertz CT molecular complexity index is 4670. The van der Waals surface area contributed by atoms with Gasteiger partial charge in [0, 0.05) is 81.5 Å². The number of hydrogen-bond acceptors (Lipinski definition) is 16. The first-order valence-electron chi connectivity index (χ1n) is 35.1. The average Bonchev–Trinajstić information content (AvgIpc) is 1.53. The lowest BCUT2D eigenvalue weighted by molar-refractivity contribution is -0.139. The van der Waals surface area contributed by atoms with E-state index in [1.165, 1.54) is 0 Å². The second-order valence-corrected chi connectivity index (χ2v) is 32.7. The minimum Gasteiger partial charge on any atom is -0.487 e. The zero-order chi connectivity index (χ0) is 75.1. The number of nitrogens with one attached hydrogen (secondary N) is 4. The number of piperazine rings is 1. The van der Waals surface area contributed by atoms with E-state index in [0.29, 0.717) is 58.6 Å². The van der Waals surface area contributed by atoms with Crippen LogP contribution >= 0.6 is 0 Å². The Balaban J connectivity index is 0.692. The highest BCUT2D eigenvalue weighted by molar-refractivity contribution is 7.90. The topological polar surface area (TPSA) is 351 Å². The molecule has 2 aliphatic carbocycles. The highest BCUT2D eigenvalue weighted by Gasteiger charge is 2.43. The minimum absolute atomic E-state index is 0.0118. The molecule has 1 fully saturated rings. The zero-order valence-corrected chi connectivity index (χ0v) is 62.6. The molecule has 6 aromatic rings. The number of nitrogens with two attached hydrogens (primary N) is 2. The Kier molecular flexibility index (Phi) is 21.5. The van der Waals surface area contributed by atoms with Crippen molar-refractivity contribution in [2.24, 2.45) is 21.5 Å². The summed E-state index contributed by atoms with van der Waals surface area (Å²) in [5, 5.41) is 15.4. The van der Waals surface area contributed by atoms with E-state index in [-0.39, 0.29) is 118 Å². The predicted molar refractivity (Wildman–Crippen MR) is 394 cm³/mol. The summed E-state index contributed by atoms with van der Waals surface area (Å²) in [6.45, 7) is 22.5. The van der Waals surface area contributed by atoms with Crippen LogP contribution < -0.4 is 41.0 Å². The second-order valence-electron chi connectivity index (χ2n) is 29.5. The van der Waals surface area contributed by atoms with Crippen LogP contribution in [0, 0.1) is 41.5 Å². The number of ether oxygens (including phenoxy) is 5. The summed E-state index contributed by atoms with van der Waals surface area (Å²) in [5.41, 5.74) is 24.2. The second kappa shape index (κ2) is 29.7. The van der Waals surface area contributed by atoms with Crippen LogP contribution in [0.5, 0.6) is 11.5 Å². The first kappa shape index (κ1) is 75.3. The molecule has 0 bridgehead atoms. The Labute approximate surface area is 608 Å². The molecule has 3 heterocycles. The van der Waals surface area contributed by atoms with Gasteiger partial charge in [0.15, 0.2) is 0 Å². The van der Waals surface area contributed by atoms with E-state index >= 15 is 0 Å². The molecule has 3 aliphatic heterocycles. The summed E-state index contributed by atoms with van der Waals surface area (Å²) < 4.78 is 91.4. The molecule has 1 saturated heterocycles. The Morgan fingerprint density at radius 3 is 1.51 bits per heavy atom. The number of benzene rings is 6. The number of alkyl carbamates (subject to hydrolysis) is 2. The zero-order valence-electron chi connectivity index (χ0n) is 61.0. The number of sulfonamides is 2. The van der Waals surface area contributed by atoms with Crippen molar-refractivity contribution in [1.82, 2.24) is 29.9 Å². The van der Waals surface area contributed by atoms with Crippen molar-refractivity contribution in [3.63, 3.8) is 0 Å². The third-order valence-electron chi connectivity index (χ3n) is 20.2. The van der Waals surface area contributed by atoms with E-state index in [0.717, 1.165) is 66.8 Å². The fourth-order valence-corrected chi connectivity index (χ4v) is 18.2. The predicted octanol–water partition coefficient (Wildman–Crippen LogP) is 9.91. The van der Waals surface area contributed by atoms with Gasteiger partial charge in [-0.15, -0.1) is 0 Å². The van der Waals surface area contributed by atoms with E-state index in [4.69, 9.17) is 35.2 Å². The van der Waals surface area contributed by atoms with Crippen molar-refractivity contribution in [3.05, 3.63) is 163 Å². The van der Waals surface area contributed by atoms with E-state index < -0.39 is 73.2 Å². The van der Waals surface area contributed by atoms with Gasteiger partial charge >= 0.3 is 24.2 Å². The number of carboxylic acids is 1. The molecular formula is C77H94N10O15S2. The quantitative estimate of drug-likeness (QED) is 0.0144. The van der Waals surface area contributed by atoms with Crippen LogP contribution in [-0.2, 0) is 63.1 Å². The van der Waals surface area contributed by atoms with Gasteiger partial charge in [-0.1, -0.05) is 91.0 Å². The molecule has 11 rings (SSSR count). The fourth-order valence-electron chi connectivity index (χ4n) is 15.1. The smallest absolute Gasteiger partial charge is 0.410 e. The van der Waals surface area contributed by atoms with E-state index in [2.05, 4.69) is 36.1 Å². The maximum absolute atomic E-state index is 14.5. The van der Waals surface area contributed by atoms with Gasteiger partial charge in [0.2, 0.25) is 17.8 Å². The van der Waals surface area contributed by atoms with E-state index in [9.17, 15) is 45.9 Å². The van der Waals surface area contributed by atoms with Gasteiger partial charge in [-0.25, -0.2) is 45.5 Å². The molecule has 9 N–H and O–H groups in total. The lowest BCUT2D eigenvalue weighted by atomic mass is 9.88. The maximum Gasteiger partial charge on any atom is 0.410 e. The molecule has 104 heavy (non-hydrogen) atoms. The van der Waals surface area contributed by atoms with Gasteiger partial charge in [-0.05, 0) is 192 Å². The summed E-state index contributed by atoms with van der Waals surface area (Å²) in [5.74, 6) is -1.72. The number of nitrogens with zero attached hydrogens (tertiary/aromatic N) is 4. The summed E-state index contributed by atoms with van der Waals surface area (Å²) >= 11 is 0. The highest BCUT2D eigenvalue weighted by atomic mass is 32.2. The van der Waals surface area contributed by atoms with Crippen molar-refractivity contribution in [3.8, 4) is 33.8 Å². The number of carboxylic acid groups (broad SMARTS) is 1. The van der Waals surface area contributed by atoms with E-state index in [1.54, 1.807) is 58.3 Å². The molecule has 6 aromatic carbocycles. The van der Waals surface area contributed by atoms with Gasteiger partial charge in [0.05, 0.1) is 9.79 Å². The molecule has 25 nitrogen and oxygen atoms in total. The normalized spacial score (nSPS) is 17.9. The monoisotopic (exact) mass is 1460 g/mol. The lowest BCUT2D eigenvalue weighted by Crippen LogP contribution is -2.56. The molecule has 0 spiro atoms. The van der Waals surface area contributed by atoms with Crippen molar-refractivity contribution in [2.45, 2.75) is 179 Å². The number of carbonyl (C=O) groups is 5. The molecule has 2 unspecified atom stereocenters. The van der Waals surface area contributed by atoms with Gasteiger partial charge in [-0.3, -0.25) is 14.8 Å². The largest absolute Gasteiger partial charge is 0.487 e. The number of fused-ring (bicyclic) bond motifs is 8. The van der Waals surface area contributed by atoms with Crippen LogP contribution in [0.2, 0.25) is 0 Å². The van der Waals surface area contributed by atoms with Crippen molar-refractivity contribution in [1.29, 1.82) is 0 Å². The molecular weight excluding hydrogens is 1370 g/mol. The van der Waals surface area contributed by atoms with Crippen molar-refractivity contribution >= 4 is 62.1 Å². The van der Waals surface area contributed by atoms with Crippen molar-refractivity contribution in [2.75, 3.05) is 52.5 Å². The summed E-state index contributed by atoms with van der Waals surface area (Å²) in [7, 11) is -8.50. The van der Waals surface area contributed by atoms with Crippen LogP contribution in [0.15, 0.2) is 111 Å². The number of aliphatic imine (C=N–C) groups is 2. The summed E-state index contributed by atoms with van der Waals surface area (Å²) in [6, 6.07) is 27.4. The number of aliphatic carboxylic acids is 1. The molecule has 554 valence electrons. The van der Waals surface area contributed by atoms with Crippen LogP contribution in [0.4, 0.5) is 14.4 Å². The molecule has 0 saturated carbocycles. The minimum atomic E-state index is -4.34. The third-order valence-corrected chi connectivity index (χ3v) is 23.5. The average molecular weight is 1460 g/mol. The first-order valence-corrected chi connectivity index (χ1v) is 38.1. The van der Waals surface area contributed by atoms with Crippen LogP contribution in [0.25, 0.3) is 22.3 Å². The van der Waals surface area contributed by atoms with Crippen LogP contribution in [0.1, 0.15) is 151 Å². The highest BCUT2D eigenvalue weighted by Crippen LogP contribution is 2.50. The molecule has 5 aliphatic rings. The summed E-state index contributed by atoms with van der Waals surface area (Å²) in [6.07, 6.45) is -0.490. The summed E-state index contributed by atoms with van der Waals surface area (Å²) in [4.78, 5) is 78.5. The molecule has 0 aromatic heterocycles. The fraction of sp³-hybridized carbons (Fsp3) is 0.442. The number of carbonyl (C=O) groups excluding carboxylic acids is 4. The maximum atomic E-state index is 14.5. The third kappa shape index (κ3) is 16.1. The van der Waals surface area contributed by atoms with Gasteiger partial charge in [0.25, 0.3) is 20.0 Å². The van der Waals surface area contributed by atoms with E-state index in [1.807, 2.05) is 120 Å². The van der Waals surface area contributed by atoms with Crippen LogP contribution in [0.3, 0.4) is 0 Å². The standard InChI is InChI=1S/C77H94N10O15S2/c1-43-45(3)66(47(5)58-39-76(10,11)100-64(43)58)103(94,95)84-71(79)81-32-20-28-63(69(89)90)83-73(92)99-42-61-55-26-18-15-23-52(55)57-37-49(29-30-56(57)61)38-77(12)40-59-48(6)67(46(4)44(2)65(59)101-77)104(96,97)85-70(78)80-31-19-27-62(68(88)86-33-35-87(36-34-86)74(93)102-75(7,8)9)82-72(91)98-41-60-53-24-16-13-21-50(53)51-22-14-17-25-54(51)60/h13-18,21-26,29-30,37,60-63H,19-20,27-28,31-36,38-42H2,1-12H3,(H,82,91)(H,83,92)(H,89,90)(H3,78,80,85)(H3,79,81,84)/t61?,62-,63-,77?/m0/s1. The van der Waals surface area contributed by atoms with Gasteiger partial charge in [0.1, 0.15) is 53.6 Å². The van der Waals surface area contributed by atoms with Gasteiger partial charge < -0.3 is 60.7 Å². The number of guanidine groups is 2. The number of rotatable bonds is 22. The van der Waals surface area contributed by atoms with Crippen LogP contribution in [-0.4, -0.2) is 155 Å². The SMILES string of the molecule is Cc1c(C)c(S(=O)(=O)NC(N)=NCCC[C@H](NC(=O)OCC2c3ccccc3-c3cc(CC4(C)Cc5c(C)c(S(=O)(=O)NC(N)=NCCC[C@H](NC(=O)OCC6c7ccccc7-c7ccccc76)C(=O)N6CCN(C(=O)OC(C)(C)C)CC6)c(C)c(C)c5O4)ccc32)C(=O)O)c(C)c2c1OC(C)(C)C2. The molecule has 27 heteroatoms. The molecule has 4 amide bonds. The number of amides is 4. The Morgan fingerprint density at radius 2 is 1.02 bits per heavy atom. The lowest BCUT2D eigenvalue weighted by Gasteiger charge is -2.37. The molecule has 0 radical (unpaired) electrons. The number of hydrogen-bond donors (Lipinski definition) is 7. The Morgan fingerprint density at radius 1 is 0.587 bits per heavy atom.